The Balaban J connectivity index is 2.82. The van der Waals surface area contributed by atoms with Crippen LogP contribution in [0.5, 0.6) is 5.75 Å². The van der Waals surface area contributed by atoms with Crippen LogP contribution in [0, 0.1) is 0 Å². The van der Waals surface area contributed by atoms with Gasteiger partial charge in [-0.15, -0.1) is 0 Å². The fourth-order valence-corrected chi connectivity index (χ4v) is 1.62. The van der Waals surface area contributed by atoms with Crippen LogP contribution in [0.3, 0.4) is 0 Å². The first kappa shape index (κ1) is 13.5. The van der Waals surface area contributed by atoms with Crippen LogP contribution in [0.25, 0.3) is 0 Å². The van der Waals surface area contributed by atoms with Gasteiger partial charge in [0.1, 0.15) is 5.75 Å². The van der Waals surface area contributed by atoms with Crippen LogP contribution in [0.1, 0.15) is 30.0 Å². The Bertz CT molecular complexity index is 392. The van der Waals surface area contributed by atoms with E-state index in [0.29, 0.717) is 24.2 Å². The van der Waals surface area contributed by atoms with Gasteiger partial charge in [0.25, 0.3) is 0 Å². The summed E-state index contributed by atoms with van der Waals surface area (Å²) in [5.74, 6) is -0.805. The molecule has 0 saturated heterocycles. The summed E-state index contributed by atoms with van der Waals surface area (Å²) in [7, 11) is 1.54. The van der Waals surface area contributed by atoms with E-state index < -0.39 is 12.0 Å². The van der Waals surface area contributed by atoms with E-state index in [1.165, 1.54) is 7.11 Å². The molecule has 0 bridgehead atoms. The van der Waals surface area contributed by atoms with Gasteiger partial charge in [-0.1, -0.05) is 18.2 Å². The molecule has 1 rings (SSSR count). The number of para-hydroxylation sites is 1. The van der Waals surface area contributed by atoms with Crippen molar-refractivity contribution in [2.45, 2.75) is 25.5 Å². The molecule has 0 spiro atoms. The summed E-state index contributed by atoms with van der Waals surface area (Å²) >= 11 is 0. The minimum Gasteiger partial charge on any atom is -0.507 e. The Morgan fingerprint density at radius 1 is 1.53 bits per heavy atom. The van der Waals surface area contributed by atoms with Crippen molar-refractivity contribution < 1.29 is 19.7 Å². The maximum atomic E-state index is 10.5. The summed E-state index contributed by atoms with van der Waals surface area (Å²) in [6.45, 7) is 0.297. The van der Waals surface area contributed by atoms with Crippen LogP contribution >= 0.6 is 0 Å². The van der Waals surface area contributed by atoms with Gasteiger partial charge in [0, 0.05) is 30.7 Å². The number of methoxy groups -OCH3 is 1. The zero-order valence-electron chi connectivity index (χ0n) is 9.72. The van der Waals surface area contributed by atoms with E-state index in [9.17, 15) is 9.90 Å². The number of aliphatic carboxylic acids is 1. The van der Waals surface area contributed by atoms with Crippen LogP contribution in [0.2, 0.25) is 0 Å². The molecule has 1 atom stereocenters. The van der Waals surface area contributed by atoms with Gasteiger partial charge in [-0.3, -0.25) is 4.79 Å². The van der Waals surface area contributed by atoms with Crippen molar-refractivity contribution in [1.29, 1.82) is 0 Å². The van der Waals surface area contributed by atoms with E-state index in [2.05, 4.69) is 0 Å². The smallest absolute Gasteiger partial charge is 0.303 e. The van der Waals surface area contributed by atoms with Gasteiger partial charge >= 0.3 is 5.97 Å². The molecule has 0 aromatic heterocycles. The van der Waals surface area contributed by atoms with E-state index in [1.54, 1.807) is 18.2 Å². The van der Waals surface area contributed by atoms with Gasteiger partial charge in [-0.25, -0.2) is 0 Å². The molecule has 1 aromatic rings. The predicted molar refractivity (Wildman–Crippen MR) is 62.6 cm³/mol. The normalized spacial score (nSPS) is 12.4. The maximum absolute atomic E-state index is 10.5. The third-order valence-corrected chi connectivity index (χ3v) is 2.52. The molecule has 1 unspecified atom stereocenters. The van der Waals surface area contributed by atoms with Crippen molar-refractivity contribution in [2.75, 3.05) is 7.11 Å². The number of carbonyl (C=O) groups is 1. The highest BCUT2D eigenvalue weighted by atomic mass is 16.5. The highest BCUT2D eigenvalue weighted by molar-refractivity contribution is 5.66. The highest BCUT2D eigenvalue weighted by Crippen LogP contribution is 2.29. The van der Waals surface area contributed by atoms with Gasteiger partial charge in [-0.05, 0) is 6.42 Å². The number of rotatable bonds is 6. The molecule has 0 radical (unpaired) electrons. The lowest BCUT2D eigenvalue weighted by atomic mass is 9.99. The summed E-state index contributed by atoms with van der Waals surface area (Å²) in [4.78, 5) is 10.5. The van der Waals surface area contributed by atoms with Crippen molar-refractivity contribution in [3.05, 3.63) is 29.3 Å². The zero-order chi connectivity index (χ0) is 12.8. The lowest BCUT2D eigenvalue weighted by Crippen LogP contribution is -2.13. The van der Waals surface area contributed by atoms with Gasteiger partial charge in [-0.2, -0.15) is 0 Å². The Kier molecular flexibility index (Phi) is 4.93. The fraction of sp³-hybridized carbons (Fsp3) is 0.417. The summed E-state index contributed by atoms with van der Waals surface area (Å²) in [6.07, 6.45) is 0.272. The Morgan fingerprint density at radius 3 is 2.82 bits per heavy atom. The van der Waals surface area contributed by atoms with Crippen LogP contribution in [0.4, 0.5) is 0 Å². The lowest BCUT2D eigenvalue weighted by Gasteiger charge is -2.14. The number of phenolic OH excluding ortho intramolecular Hbond substituents is 1. The first-order chi connectivity index (χ1) is 8.06. The molecule has 5 nitrogen and oxygen atoms in total. The first-order valence-corrected chi connectivity index (χ1v) is 5.33. The number of aromatic hydroxyl groups is 1. The Morgan fingerprint density at radius 2 is 2.24 bits per heavy atom. The van der Waals surface area contributed by atoms with Crippen LogP contribution in [-0.2, 0) is 16.1 Å². The second kappa shape index (κ2) is 6.22. The van der Waals surface area contributed by atoms with Crippen molar-refractivity contribution in [3.8, 4) is 5.75 Å². The fourth-order valence-electron chi connectivity index (χ4n) is 1.62. The molecular formula is C12H17NO4. The molecule has 5 heteroatoms. The average Bonchev–Trinajstić information content (AvgIpc) is 2.29. The molecular weight excluding hydrogens is 222 g/mol. The second-order valence-electron chi connectivity index (χ2n) is 3.83. The molecule has 0 heterocycles. The number of hydrogen-bond acceptors (Lipinski definition) is 4. The van der Waals surface area contributed by atoms with Crippen molar-refractivity contribution >= 4 is 5.97 Å². The third kappa shape index (κ3) is 3.72. The Labute approximate surface area is 99.8 Å². The van der Waals surface area contributed by atoms with Crippen molar-refractivity contribution in [1.82, 2.24) is 0 Å². The number of carboxylic acid groups (broad SMARTS) is 1. The van der Waals surface area contributed by atoms with E-state index in [4.69, 9.17) is 15.6 Å². The molecule has 0 fully saturated rings. The number of carboxylic acids is 1. The first-order valence-electron chi connectivity index (χ1n) is 5.33. The van der Waals surface area contributed by atoms with Crippen LogP contribution < -0.4 is 5.73 Å². The topological polar surface area (TPSA) is 92.8 Å². The largest absolute Gasteiger partial charge is 0.507 e. The molecule has 0 aliphatic carbocycles. The van der Waals surface area contributed by atoms with Crippen molar-refractivity contribution in [3.63, 3.8) is 0 Å². The molecule has 0 aliphatic rings. The average molecular weight is 239 g/mol. The molecule has 1 aromatic carbocycles. The molecule has 17 heavy (non-hydrogen) atoms. The standard InChI is InChI=1S/C12H17NO4/c1-17-7-8-3-2-4-9(12(8)16)10(13)5-6-11(14)15/h2-4,10,16H,5-7,13H2,1H3,(H,14,15). The zero-order valence-corrected chi connectivity index (χ0v) is 9.72. The summed E-state index contributed by atoms with van der Waals surface area (Å²) in [5, 5.41) is 18.5. The lowest BCUT2D eigenvalue weighted by molar-refractivity contribution is -0.137. The minimum absolute atomic E-state index is 0.0187. The third-order valence-electron chi connectivity index (χ3n) is 2.52. The predicted octanol–water partition coefficient (Wildman–Crippen LogP) is 1.40. The van der Waals surface area contributed by atoms with Gasteiger partial charge < -0.3 is 20.7 Å². The summed E-state index contributed by atoms with van der Waals surface area (Å²) in [6, 6.07) is 4.72. The highest BCUT2D eigenvalue weighted by Gasteiger charge is 2.14. The SMILES string of the molecule is COCc1cccc(C(N)CCC(=O)O)c1O. The summed E-state index contributed by atoms with van der Waals surface area (Å²) < 4.78 is 4.95. The molecule has 0 amide bonds. The molecule has 4 N–H and O–H groups in total. The van der Waals surface area contributed by atoms with Crippen LogP contribution in [0.15, 0.2) is 18.2 Å². The van der Waals surface area contributed by atoms with E-state index in [1.807, 2.05) is 0 Å². The monoisotopic (exact) mass is 239 g/mol. The van der Waals surface area contributed by atoms with E-state index in [-0.39, 0.29) is 12.2 Å². The van der Waals surface area contributed by atoms with Gasteiger partial charge in [0.2, 0.25) is 0 Å². The maximum Gasteiger partial charge on any atom is 0.303 e. The van der Waals surface area contributed by atoms with Crippen molar-refractivity contribution in [2.24, 2.45) is 5.73 Å². The number of ether oxygens (including phenoxy) is 1. The second-order valence-corrected chi connectivity index (χ2v) is 3.83. The molecule has 0 aliphatic heterocycles. The number of nitrogens with two attached hydrogens (primary N) is 1. The van der Waals surface area contributed by atoms with E-state index >= 15 is 0 Å². The molecule has 94 valence electrons. The number of phenols is 1. The summed E-state index contributed by atoms with van der Waals surface area (Å²) in [5.41, 5.74) is 7.05. The quantitative estimate of drug-likeness (QED) is 0.697. The minimum atomic E-state index is -0.895. The van der Waals surface area contributed by atoms with Crippen LogP contribution in [-0.4, -0.2) is 23.3 Å². The number of benzene rings is 1. The van der Waals surface area contributed by atoms with E-state index in [0.717, 1.165) is 0 Å². The Hall–Kier alpha value is -1.59. The van der Waals surface area contributed by atoms with Gasteiger partial charge in [0.05, 0.1) is 6.61 Å². The molecule has 0 saturated carbocycles. The van der Waals surface area contributed by atoms with Gasteiger partial charge in [0.15, 0.2) is 0 Å². The number of hydrogen-bond donors (Lipinski definition) is 3.